The van der Waals surface area contributed by atoms with E-state index in [9.17, 15) is 5.11 Å². The van der Waals surface area contributed by atoms with E-state index in [1.165, 1.54) is 0 Å². The summed E-state index contributed by atoms with van der Waals surface area (Å²) in [6.07, 6.45) is 1.55. The molecule has 0 bridgehead atoms. The van der Waals surface area contributed by atoms with E-state index in [0.717, 1.165) is 5.69 Å². The van der Waals surface area contributed by atoms with Crippen LogP contribution in [0.4, 0.5) is 17.1 Å². The molecule has 0 spiro atoms. The fourth-order valence-electron chi connectivity index (χ4n) is 1.71. The highest BCUT2D eigenvalue weighted by molar-refractivity contribution is 6.39. The van der Waals surface area contributed by atoms with Crippen LogP contribution >= 0.6 is 23.2 Å². The summed E-state index contributed by atoms with van der Waals surface area (Å²) < 4.78 is 0. The van der Waals surface area contributed by atoms with Crippen LogP contribution < -0.4 is 10.6 Å². The van der Waals surface area contributed by atoms with Crippen molar-refractivity contribution in [2.45, 2.75) is 0 Å². The fourth-order valence-corrected chi connectivity index (χ4v) is 2.18. The van der Waals surface area contributed by atoms with Gasteiger partial charge >= 0.3 is 0 Å². The Balaban J connectivity index is 2.29. The minimum absolute atomic E-state index is 0.151. The molecule has 2 aromatic carbocycles. The molecule has 2 aromatic rings. The van der Waals surface area contributed by atoms with E-state index in [1.807, 2.05) is 25.1 Å². The fraction of sp³-hybridized carbons (Fsp3) is 0.133. The number of phenolic OH excluding ortho intramolecular Hbond substituents is 1. The second-order valence-corrected chi connectivity index (χ2v) is 5.53. The molecule has 0 fully saturated rings. The maximum Gasteiger partial charge on any atom is 0.126 e. The van der Waals surface area contributed by atoms with Gasteiger partial charge in [-0.05, 0) is 24.3 Å². The van der Waals surface area contributed by atoms with Crippen molar-refractivity contribution in [1.29, 1.82) is 0 Å². The van der Waals surface area contributed by atoms with Crippen LogP contribution in [-0.4, -0.2) is 25.4 Å². The van der Waals surface area contributed by atoms with Gasteiger partial charge in [0.05, 0.1) is 21.4 Å². The molecule has 110 valence electrons. The van der Waals surface area contributed by atoms with Gasteiger partial charge in [-0.2, -0.15) is 0 Å². The monoisotopic (exact) mass is 323 g/mol. The average Bonchev–Trinajstić information content (AvgIpc) is 2.43. The van der Waals surface area contributed by atoms with Gasteiger partial charge in [0.25, 0.3) is 0 Å². The predicted octanol–water partition coefficient (Wildman–Crippen LogP) is 4.10. The number of rotatable bonds is 3. The lowest BCUT2D eigenvalue weighted by Gasteiger charge is -2.13. The van der Waals surface area contributed by atoms with Crippen molar-refractivity contribution in [2.24, 2.45) is 4.99 Å². The molecule has 4 nitrogen and oxygen atoms in total. The van der Waals surface area contributed by atoms with E-state index in [0.29, 0.717) is 27.0 Å². The Labute approximate surface area is 133 Å². The maximum absolute atomic E-state index is 9.98. The summed E-state index contributed by atoms with van der Waals surface area (Å²) in [7, 11) is 3.81. The second kappa shape index (κ2) is 6.24. The first-order chi connectivity index (χ1) is 9.88. The third kappa shape index (κ3) is 3.60. The predicted molar refractivity (Wildman–Crippen MR) is 90.6 cm³/mol. The van der Waals surface area contributed by atoms with Crippen LogP contribution in [0.2, 0.25) is 10.0 Å². The minimum atomic E-state index is 0.151. The highest BCUT2D eigenvalue weighted by atomic mass is 35.5. The molecule has 3 N–H and O–H groups in total. The number of hydrogen-bond donors (Lipinski definition) is 2. The van der Waals surface area contributed by atoms with Crippen LogP contribution in [0.1, 0.15) is 5.56 Å². The summed E-state index contributed by atoms with van der Waals surface area (Å²) in [6, 6.07) is 8.58. The van der Waals surface area contributed by atoms with Crippen LogP contribution in [0.3, 0.4) is 0 Å². The number of aromatic hydroxyl groups is 1. The first-order valence-electron chi connectivity index (χ1n) is 6.17. The molecule has 0 aliphatic heterocycles. The van der Waals surface area contributed by atoms with E-state index >= 15 is 0 Å². The number of benzene rings is 2. The zero-order valence-electron chi connectivity index (χ0n) is 11.6. The topological polar surface area (TPSA) is 61.8 Å². The van der Waals surface area contributed by atoms with Crippen LogP contribution in [0.5, 0.6) is 5.75 Å². The molecule has 0 atom stereocenters. The molecular weight excluding hydrogens is 309 g/mol. The van der Waals surface area contributed by atoms with E-state index < -0.39 is 0 Å². The largest absolute Gasteiger partial charge is 0.507 e. The van der Waals surface area contributed by atoms with E-state index in [1.54, 1.807) is 30.5 Å². The van der Waals surface area contributed by atoms with Gasteiger partial charge in [0.15, 0.2) is 0 Å². The van der Waals surface area contributed by atoms with Crippen molar-refractivity contribution in [1.82, 2.24) is 0 Å². The molecule has 6 heteroatoms. The molecule has 0 unspecified atom stereocenters. The van der Waals surface area contributed by atoms with Gasteiger partial charge < -0.3 is 15.7 Å². The number of anilines is 2. The number of nitrogens with two attached hydrogens (primary N) is 1. The van der Waals surface area contributed by atoms with Gasteiger partial charge in [0.2, 0.25) is 0 Å². The zero-order valence-corrected chi connectivity index (χ0v) is 13.2. The van der Waals surface area contributed by atoms with E-state index in [4.69, 9.17) is 28.9 Å². The SMILES string of the molecule is CN(C)c1ccc(C=Nc2cc(Cl)c(N)c(Cl)c2)c(O)c1. The lowest BCUT2D eigenvalue weighted by molar-refractivity contribution is 0.474. The summed E-state index contributed by atoms with van der Waals surface area (Å²) in [5.74, 6) is 0.151. The highest BCUT2D eigenvalue weighted by Crippen LogP contribution is 2.32. The molecule has 2 rings (SSSR count). The third-order valence-corrected chi connectivity index (χ3v) is 3.57. The van der Waals surface area contributed by atoms with Crippen LogP contribution in [-0.2, 0) is 0 Å². The summed E-state index contributed by atoms with van der Waals surface area (Å²) in [4.78, 5) is 6.15. The number of hydrogen-bond acceptors (Lipinski definition) is 4. The Morgan fingerprint density at radius 2 is 1.76 bits per heavy atom. The van der Waals surface area contributed by atoms with Crippen molar-refractivity contribution in [2.75, 3.05) is 24.7 Å². The molecule has 0 aliphatic rings. The number of nitrogen functional groups attached to an aromatic ring is 1. The summed E-state index contributed by atoms with van der Waals surface area (Å²) >= 11 is 11.9. The first kappa shape index (κ1) is 15.5. The minimum Gasteiger partial charge on any atom is -0.507 e. The Bertz CT molecular complexity index is 676. The Hall–Kier alpha value is -1.91. The molecule has 0 radical (unpaired) electrons. The van der Waals surface area contributed by atoms with Gasteiger partial charge in [-0.3, -0.25) is 4.99 Å². The quantitative estimate of drug-likeness (QED) is 0.660. The Morgan fingerprint density at radius 1 is 1.14 bits per heavy atom. The van der Waals surface area contributed by atoms with Crippen molar-refractivity contribution in [3.8, 4) is 5.75 Å². The van der Waals surface area contributed by atoms with Crippen LogP contribution in [0.25, 0.3) is 0 Å². The summed E-state index contributed by atoms with van der Waals surface area (Å²) in [5.41, 5.74) is 8.07. The zero-order chi connectivity index (χ0) is 15.6. The van der Waals surface area contributed by atoms with Gasteiger partial charge in [0.1, 0.15) is 5.75 Å². The summed E-state index contributed by atoms with van der Waals surface area (Å²) in [5, 5.41) is 10.7. The number of halogens is 2. The first-order valence-corrected chi connectivity index (χ1v) is 6.93. The Morgan fingerprint density at radius 3 is 2.29 bits per heavy atom. The molecule has 0 aliphatic carbocycles. The third-order valence-electron chi connectivity index (χ3n) is 2.95. The number of aliphatic imine (C=N–C) groups is 1. The molecule has 0 saturated carbocycles. The van der Waals surface area contributed by atoms with Crippen LogP contribution in [0.15, 0.2) is 35.3 Å². The standard InChI is InChI=1S/C15H15Cl2N3O/c1-20(2)11-4-3-9(14(21)7-11)8-19-10-5-12(16)15(18)13(17)6-10/h3-8,21H,18H2,1-2H3. The van der Waals surface area contributed by atoms with Crippen molar-refractivity contribution in [3.05, 3.63) is 45.9 Å². The van der Waals surface area contributed by atoms with Crippen LogP contribution in [0, 0.1) is 0 Å². The smallest absolute Gasteiger partial charge is 0.126 e. The molecule has 0 amide bonds. The number of phenols is 1. The van der Waals surface area contributed by atoms with Crippen molar-refractivity contribution >= 4 is 46.5 Å². The van der Waals surface area contributed by atoms with Gasteiger partial charge in [-0.1, -0.05) is 23.2 Å². The highest BCUT2D eigenvalue weighted by Gasteiger charge is 2.05. The molecule has 0 aromatic heterocycles. The van der Waals surface area contributed by atoms with Gasteiger partial charge in [-0.15, -0.1) is 0 Å². The molecule has 0 heterocycles. The second-order valence-electron chi connectivity index (χ2n) is 4.72. The summed E-state index contributed by atoms with van der Waals surface area (Å²) in [6.45, 7) is 0. The van der Waals surface area contributed by atoms with E-state index in [2.05, 4.69) is 4.99 Å². The number of nitrogens with zero attached hydrogens (tertiary/aromatic N) is 2. The molecule has 21 heavy (non-hydrogen) atoms. The van der Waals surface area contributed by atoms with Gasteiger partial charge in [0, 0.05) is 37.6 Å². The van der Waals surface area contributed by atoms with Crippen molar-refractivity contribution in [3.63, 3.8) is 0 Å². The van der Waals surface area contributed by atoms with Crippen molar-refractivity contribution < 1.29 is 5.11 Å². The lowest BCUT2D eigenvalue weighted by Crippen LogP contribution is -2.08. The maximum atomic E-state index is 9.98. The average molecular weight is 324 g/mol. The molecular formula is C15H15Cl2N3O. The Kier molecular flexibility index (Phi) is 4.60. The normalized spacial score (nSPS) is 11.0. The lowest BCUT2D eigenvalue weighted by atomic mass is 10.2. The molecule has 0 saturated heterocycles. The van der Waals surface area contributed by atoms with Gasteiger partial charge in [-0.25, -0.2) is 0 Å². The van der Waals surface area contributed by atoms with E-state index in [-0.39, 0.29) is 5.75 Å².